The fourth-order valence-corrected chi connectivity index (χ4v) is 14.0. The van der Waals surface area contributed by atoms with Gasteiger partial charge in [-0.1, -0.05) is 148 Å². The largest absolute Gasteiger partial charge is 0.490 e. The van der Waals surface area contributed by atoms with Gasteiger partial charge in [-0.05, 0) is 217 Å². The van der Waals surface area contributed by atoms with Gasteiger partial charge in [0, 0.05) is 116 Å². The fraction of sp³-hybridized carbons (Fsp3) is 0.379. The highest BCUT2D eigenvalue weighted by atomic mass is 35.5. The molecular weight excluding hydrogens is 1550 g/mol. The summed E-state index contributed by atoms with van der Waals surface area (Å²) in [5.74, 6) is -0.193. The summed E-state index contributed by atoms with van der Waals surface area (Å²) in [5, 5.41) is 44.8. The predicted molar refractivity (Wildman–Crippen MR) is 462 cm³/mol. The monoisotopic (exact) mass is 1650 g/mol. The smallest absolute Gasteiger partial charge is 0.151 e. The Labute approximate surface area is 695 Å². The molecule has 6 N–H and O–H groups in total. The van der Waals surface area contributed by atoms with Gasteiger partial charge < -0.3 is 34.1 Å². The summed E-state index contributed by atoms with van der Waals surface area (Å²) in [5.41, 5.74) is 17.6. The zero-order valence-electron chi connectivity index (χ0n) is 67.6. The minimum absolute atomic E-state index is 0.125. The number of nitrogens with zero attached hydrogens (tertiary/aromatic N) is 12. The van der Waals surface area contributed by atoms with E-state index in [-0.39, 0.29) is 15.9 Å². The first-order valence-corrected chi connectivity index (χ1v) is 40.8. The van der Waals surface area contributed by atoms with Crippen LogP contribution in [0.25, 0.3) is 67.4 Å². The van der Waals surface area contributed by atoms with E-state index in [4.69, 9.17) is 62.7 Å². The Balaban J connectivity index is 0.000000171. The van der Waals surface area contributed by atoms with Crippen LogP contribution < -0.4 is 4.74 Å². The van der Waals surface area contributed by atoms with Crippen LogP contribution in [0.15, 0.2) is 165 Å². The molecule has 0 bridgehead atoms. The molecule has 27 heteroatoms. The molecule has 19 nitrogen and oxygen atoms in total. The predicted octanol–water partition coefficient (Wildman–Crippen LogP) is 21.7. The van der Waals surface area contributed by atoms with Crippen molar-refractivity contribution in [1.29, 1.82) is 0 Å². The van der Waals surface area contributed by atoms with E-state index < -0.39 is 11.6 Å². The molecule has 0 saturated heterocycles. The number of ether oxygens (including phenoxy) is 1. The normalized spacial score (nSPS) is 11.8. The summed E-state index contributed by atoms with van der Waals surface area (Å²) >= 11 is 29.8. The van der Waals surface area contributed by atoms with Crippen molar-refractivity contribution in [2.75, 3.05) is 81.6 Å². The first-order valence-electron chi connectivity index (χ1n) is 38.9. The van der Waals surface area contributed by atoms with Crippen molar-refractivity contribution in [3.05, 3.63) is 241 Å². The number of rotatable bonds is 32. The second kappa shape index (κ2) is 47.4. The van der Waals surface area contributed by atoms with Crippen LogP contribution in [0.3, 0.4) is 0 Å². The van der Waals surface area contributed by atoms with E-state index in [2.05, 4.69) is 192 Å². The van der Waals surface area contributed by atoms with Crippen molar-refractivity contribution < 1.29 is 17.9 Å². The summed E-state index contributed by atoms with van der Waals surface area (Å²) in [7, 11) is 12.5. The van der Waals surface area contributed by atoms with Crippen LogP contribution in [0.4, 0.5) is 13.2 Å². The van der Waals surface area contributed by atoms with E-state index in [9.17, 15) is 13.2 Å². The Bertz CT molecular complexity index is 4760. The van der Waals surface area contributed by atoms with Gasteiger partial charge in [-0.15, -0.1) is 0 Å². The molecule has 0 atom stereocenters. The minimum atomic E-state index is -0.409. The van der Waals surface area contributed by atoms with Crippen molar-refractivity contribution in [3.8, 4) is 73.2 Å². The lowest BCUT2D eigenvalue weighted by molar-refractivity contribution is 0.303. The molecule has 12 aromatic rings. The van der Waals surface area contributed by atoms with Crippen molar-refractivity contribution in [2.45, 2.75) is 138 Å². The number of aromatic nitrogens is 12. The maximum Gasteiger partial charge on any atom is 0.151 e. The second-order valence-corrected chi connectivity index (χ2v) is 30.9. The van der Waals surface area contributed by atoms with Crippen molar-refractivity contribution >= 4 is 58.0 Å². The van der Waals surface area contributed by atoms with Gasteiger partial charge in [0.25, 0.3) is 0 Å². The van der Waals surface area contributed by atoms with Gasteiger partial charge in [0.1, 0.15) is 17.4 Å². The second-order valence-electron chi connectivity index (χ2n) is 28.8. The quantitative estimate of drug-likeness (QED) is 0.0233. The van der Waals surface area contributed by atoms with Gasteiger partial charge in [-0.2, -0.15) is 30.6 Å². The van der Waals surface area contributed by atoms with Crippen LogP contribution >= 0.6 is 58.0 Å². The summed E-state index contributed by atoms with van der Waals surface area (Å²) < 4.78 is 46.4. The minimum Gasteiger partial charge on any atom is -0.490 e. The maximum atomic E-state index is 14.0. The highest BCUT2D eigenvalue weighted by Crippen LogP contribution is 2.34. The molecule has 0 unspecified atom stereocenters. The van der Waals surface area contributed by atoms with E-state index >= 15 is 0 Å². The molecule has 1 fully saturated rings. The third-order valence-electron chi connectivity index (χ3n) is 18.4. The molecule has 13 rings (SSSR count). The average Bonchev–Trinajstić information content (AvgIpc) is 1.57. The third kappa shape index (κ3) is 28.7. The van der Waals surface area contributed by atoms with E-state index in [1.807, 2.05) is 74.2 Å². The molecule has 114 heavy (non-hydrogen) atoms. The number of hydrogen-bond acceptors (Lipinski definition) is 13. The first-order chi connectivity index (χ1) is 55.0. The highest BCUT2D eigenvalue weighted by molar-refractivity contribution is 6.33. The number of hydrogen-bond donors (Lipinski definition) is 6. The molecule has 610 valence electrons. The lowest BCUT2D eigenvalue weighted by Gasteiger charge is -2.15. The average molecular weight is 1660 g/mol. The third-order valence-corrected chi connectivity index (χ3v) is 19.8. The maximum absolute atomic E-state index is 14.0. The SMILES string of the molecule is CCCN(C)Cc1[nH]ncc1-c1ccc(OC2CC2)cc1.CCCN(C)Cc1cn[nH]c1-c1cc(F)cc(Cl)c1.CCCN(C)Cc1cn[nH]c1-c1ccc(F)c(Cl)c1.CCCN(C)Cc1cn[nH]c1-c1cccc(Cl)c1.CCCN(C)Cc1cn[nH]c1-c1cccc(Cl)c1F.CCCN(C)Cc1cn[nH]c1-c1ccccc1Cl. The number of halogens is 8. The lowest BCUT2D eigenvalue weighted by atomic mass is 10.1. The Morgan fingerprint density at radius 2 is 0.746 bits per heavy atom. The Morgan fingerprint density at radius 3 is 1.20 bits per heavy atom. The molecule has 6 aromatic heterocycles. The molecule has 1 saturated carbocycles. The zero-order chi connectivity index (χ0) is 82.1. The van der Waals surface area contributed by atoms with Crippen LogP contribution in [-0.4, -0.2) is 178 Å². The van der Waals surface area contributed by atoms with E-state index in [1.54, 1.807) is 55.0 Å². The van der Waals surface area contributed by atoms with Gasteiger partial charge in [0.2, 0.25) is 0 Å². The molecule has 6 aromatic carbocycles. The summed E-state index contributed by atoms with van der Waals surface area (Å²) in [6, 6.07) is 38.2. The Morgan fingerprint density at radius 1 is 0.351 bits per heavy atom. The number of aromatic amines is 6. The van der Waals surface area contributed by atoms with Gasteiger partial charge in [0.05, 0.1) is 87.5 Å². The summed E-state index contributed by atoms with van der Waals surface area (Å²) in [6.45, 7) is 24.2. The first kappa shape index (κ1) is 90.9. The van der Waals surface area contributed by atoms with Crippen molar-refractivity contribution in [3.63, 3.8) is 0 Å². The van der Waals surface area contributed by atoms with Crippen LogP contribution in [0, 0.1) is 17.5 Å². The van der Waals surface area contributed by atoms with Crippen LogP contribution in [0.5, 0.6) is 5.75 Å². The van der Waals surface area contributed by atoms with E-state index in [1.165, 1.54) is 59.0 Å². The van der Waals surface area contributed by atoms with Crippen molar-refractivity contribution in [2.24, 2.45) is 0 Å². The van der Waals surface area contributed by atoms with E-state index in [0.29, 0.717) is 22.4 Å². The molecule has 0 spiro atoms. The van der Waals surface area contributed by atoms with Crippen LogP contribution in [0.2, 0.25) is 25.1 Å². The van der Waals surface area contributed by atoms with Gasteiger partial charge in [-0.25, -0.2) is 13.2 Å². The lowest BCUT2D eigenvalue weighted by Crippen LogP contribution is -2.19. The molecule has 0 amide bonds. The van der Waals surface area contributed by atoms with Crippen LogP contribution in [0.1, 0.15) is 126 Å². The zero-order valence-corrected chi connectivity index (χ0v) is 71.4. The van der Waals surface area contributed by atoms with Crippen LogP contribution in [-0.2, 0) is 39.3 Å². The van der Waals surface area contributed by atoms with Gasteiger partial charge >= 0.3 is 0 Å². The molecular formula is C87H110Cl5F3N18O. The summed E-state index contributed by atoms with van der Waals surface area (Å²) in [6.07, 6.45) is 20.6. The summed E-state index contributed by atoms with van der Waals surface area (Å²) in [4.78, 5) is 13.5. The number of H-pyrrole nitrogens is 6. The highest BCUT2D eigenvalue weighted by Gasteiger charge is 2.24. The molecule has 0 aliphatic heterocycles. The molecule has 0 radical (unpaired) electrons. The fourth-order valence-electron chi connectivity index (χ4n) is 13.0. The van der Waals surface area contributed by atoms with E-state index in [0.717, 1.165) is 195 Å². The standard InChI is InChI=1S/C17H23N3O.3C14H17ClFN3.2C14H18ClN3/c1-3-10-20(2)12-17-16(11-18-19-17)13-4-6-14(7-5-13)21-15-8-9-15;1-3-7-19(2)9-10-8-17-18-14(10)11-5-4-6-12(15)13(11)16;1-3-6-19(2)9-11-8-17-18-14(11)10-4-5-13(16)12(15)7-10;1-3-4-19(2)9-11-8-17-18-14(11)10-5-12(15)7-13(16)6-10;1-3-8-18(2)10-11-9-16-17-14(11)12-6-4-5-7-13(12)15;1-3-7-18(2)10-12-9-16-17-14(12)11-5-4-6-13(15)8-11/h4-7,11,15H,3,8-10,12H2,1-2H3,(H,18,19);4-6,8H,3,7,9H2,1-2H3,(H,17,18);4-5,7-8H,3,6,9H2,1-2H3,(H,17,18);5-8H,3-4,9H2,1-2H3,(H,17,18);4-7,9H,3,8,10H2,1-2H3,(H,16,17);4-6,8-9H,3,7,10H2,1-2H3,(H,16,17). The Hall–Kier alpha value is -8.62. The van der Waals surface area contributed by atoms with Gasteiger partial charge in [0.15, 0.2) is 5.82 Å². The van der Waals surface area contributed by atoms with Gasteiger partial charge in [-0.3, -0.25) is 30.6 Å². The molecule has 1 aliphatic carbocycles. The molecule has 6 heterocycles. The van der Waals surface area contributed by atoms with Crippen molar-refractivity contribution in [1.82, 2.24) is 90.6 Å². The number of benzene rings is 6. The Kier molecular flexibility index (Phi) is 37.8. The topological polar surface area (TPSA) is 201 Å². The number of nitrogens with one attached hydrogen (secondary N) is 6. The molecule has 1 aliphatic rings.